The highest BCUT2D eigenvalue weighted by molar-refractivity contribution is 7.89. The third kappa shape index (κ3) is 6.09. The van der Waals surface area contributed by atoms with Gasteiger partial charge in [0.15, 0.2) is 6.61 Å². The molecule has 0 aliphatic carbocycles. The number of hydrogen-bond donors (Lipinski definition) is 1. The molecule has 1 N–H and O–H groups in total. The number of halogens is 2. The molecular weight excluding hydrogens is 435 g/mol. The lowest BCUT2D eigenvalue weighted by Gasteiger charge is -2.19. The number of carbonyl (C=O) groups excluding carboxylic acids is 1. The summed E-state index contributed by atoms with van der Waals surface area (Å²) >= 11 is 11.8. The summed E-state index contributed by atoms with van der Waals surface area (Å²) in [5.74, 6) is 0.122. The number of hydrogen-bond acceptors (Lipinski definition) is 4. The SMILES string of the molecule is CCN(CC)S(=O)(=O)c1ccc(C(C)NC(=O)COc2ccc(Cl)c(Cl)c2)cc1. The summed E-state index contributed by atoms with van der Waals surface area (Å²) in [7, 11) is -3.51. The first-order valence-electron chi connectivity index (χ1n) is 9.16. The van der Waals surface area contributed by atoms with Crippen LogP contribution in [0.5, 0.6) is 5.75 Å². The Balaban J connectivity index is 1.97. The van der Waals surface area contributed by atoms with Gasteiger partial charge in [-0.15, -0.1) is 0 Å². The highest BCUT2D eigenvalue weighted by Gasteiger charge is 2.21. The zero-order chi connectivity index (χ0) is 21.6. The van der Waals surface area contributed by atoms with E-state index in [0.717, 1.165) is 5.56 Å². The number of benzene rings is 2. The van der Waals surface area contributed by atoms with Gasteiger partial charge < -0.3 is 10.1 Å². The smallest absolute Gasteiger partial charge is 0.258 e. The molecule has 0 saturated carbocycles. The van der Waals surface area contributed by atoms with E-state index in [0.29, 0.717) is 28.9 Å². The van der Waals surface area contributed by atoms with Crippen LogP contribution in [0.15, 0.2) is 47.4 Å². The topological polar surface area (TPSA) is 75.7 Å². The first kappa shape index (κ1) is 23.5. The van der Waals surface area contributed by atoms with Crippen molar-refractivity contribution in [2.24, 2.45) is 0 Å². The molecule has 6 nitrogen and oxygen atoms in total. The van der Waals surface area contributed by atoms with Crippen LogP contribution < -0.4 is 10.1 Å². The lowest BCUT2D eigenvalue weighted by Crippen LogP contribution is -2.31. The molecule has 0 aliphatic heterocycles. The second kappa shape index (κ2) is 10.3. The summed E-state index contributed by atoms with van der Waals surface area (Å²) in [5, 5.41) is 3.56. The van der Waals surface area contributed by atoms with Crippen LogP contribution in [0.2, 0.25) is 10.0 Å². The van der Waals surface area contributed by atoms with E-state index in [1.165, 1.54) is 10.4 Å². The fraction of sp³-hybridized carbons (Fsp3) is 0.350. The van der Waals surface area contributed by atoms with Crippen LogP contribution in [0.3, 0.4) is 0 Å². The van der Waals surface area contributed by atoms with Crippen LogP contribution in [0.4, 0.5) is 0 Å². The van der Waals surface area contributed by atoms with Crippen molar-refractivity contribution in [3.05, 3.63) is 58.1 Å². The number of nitrogens with zero attached hydrogens (tertiary/aromatic N) is 1. The second-order valence-corrected chi connectivity index (χ2v) is 9.06. The maximum absolute atomic E-state index is 12.5. The quantitative estimate of drug-likeness (QED) is 0.608. The minimum absolute atomic E-state index is 0.184. The van der Waals surface area contributed by atoms with Crippen molar-refractivity contribution in [3.8, 4) is 5.75 Å². The highest BCUT2D eigenvalue weighted by Crippen LogP contribution is 2.26. The standard InChI is InChI=1S/C20H24Cl2N2O4S/c1-4-24(5-2)29(26,27)17-9-6-15(7-10-17)14(3)23-20(25)13-28-16-8-11-18(21)19(22)12-16/h6-12,14H,4-5,13H2,1-3H3,(H,23,25). The first-order chi connectivity index (χ1) is 13.7. The van der Waals surface area contributed by atoms with E-state index in [2.05, 4.69) is 5.32 Å². The molecule has 158 valence electrons. The molecule has 0 fully saturated rings. The summed E-state index contributed by atoms with van der Waals surface area (Å²) in [5.41, 5.74) is 0.784. The molecule has 2 aromatic carbocycles. The minimum atomic E-state index is -3.51. The number of nitrogens with one attached hydrogen (secondary N) is 1. The molecular formula is C20H24Cl2N2O4S. The van der Waals surface area contributed by atoms with E-state index in [9.17, 15) is 13.2 Å². The average Bonchev–Trinajstić information content (AvgIpc) is 2.69. The van der Waals surface area contributed by atoms with Crippen LogP contribution >= 0.6 is 23.2 Å². The maximum Gasteiger partial charge on any atom is 0.258 e. The molecule has 0 heterocycles. The predicted molar refractivity (Wildman–Crippen MR) is 115 cm³/mol. The van der Waals surface area contributed by atoms with Crippen LogP contribution in [0, 0.1) is 0 Å². The monoisotopic (exact) mass is 458 g/mol. The van der Waals surface area contributed by atoms with Gasteiger partial charge >= 0.3 is 0 Å². The number of carbonyl (C=O) groups is 1. The van der Waals surface area contributed by atoms with Crippen molar-refractivity contribution in [2.75, 3.05) is 19.7 Å². The number of ether oxygens (including phenoxy) is 1. The third-order valence-electron chi connectivity index (χ3n) is 4.36. The van der Waals surface area contributed by atoms with Gasteiger partial charge in [0.05, 0.1) is 21.0 Å². The Hall–Kier alpha value is -1.80. The van der Waals surface area contributed by atoms with Gasteiger partial charge in [0.25, 0.3) is 5.91 Å². The zero-order valence-electron chi connectivity index (χ0n) is 16.5. The lowest BCUT2D eigenvalue weighted by molar-refractivity contribution is -0.123. The number of amides is 1. The first-order valence-corrected chi connectivity index (χ1v) is 11.4. The molecule has 2 aromatic rings. The summed E-state index contributed by atoms with van der Waals surface area (Å²) in [6, 6.07) is 10.9. The van der Waals surface area contributed by atoms with Crippen LogP contribution in [-0.4, -0.2) is 38.3 Å². The maximum atomic E-state index is 12.5. The van der Waals surface area contributed by atoms with Gasteiger partial charge in [-0.2, -0.15) is 4.31 Å². The second-order valence-electron chi connectivity index (χ2n) is 6.31. The predicted octanol–water partition coefficient (Wildman–Crippen LogP) is 4.28. The Morgan fingerprint density at radius 1 is 1.07 bits per heavy atom. The molecule has 0 spiro atoms. The zero-order valence-corrected chi connectivity index (χ0v) is 18.8. The summed E-state index contributed by atoms with van der Waals surface area (Å²) in [4.78, 5) is 12.4. The Morgan fingerprint density at radius 3 is 2.24 bits per heavy atom. The number of rotatable bonds is 9. The molecule has 0 aliphatic rings. The van der Waals surface area contributed by atoms with Crippen molar-refractivity contribution in [1.29, 1.82) is 0 Å². The molecule has 2 rings (SSSR count). The fourth-order valence-corrected chi connectivity index (χ4v) is 4.47. The molecule has 1 amide bonds. The molecule has 9 heteroatoms. The van der Waals surface area contributed by atoms with E-state index in [4.69, 9.17) is 27.9 Å². The minimum Gasteiger partial charge on any atom is -0.484 e. The molecule has 0 bridgehead atoms. The Bertz CT molecular complexity index is 945. The van der Waals surface area contributed by atoms with Gasteiger partial charge in [-0.3, -0.25) is 4.79 Å². The van der Waals surface area contributed by atoms with Crippen LogP contribution in [0.25, 0.3) is 0 Å². The van der Waals surface area contributed by atoms with Crippen molar-refractivity contribution < 1.29 is 17.9 Å². The summed E-state index contributed by atoms with van der Waals surface area (Å²) < 4.78 is 31.9. The van der Waals surface area contributed by atoms with Gasteiger partial charge in [-0.25, -0.2) is 8.42 Å². The molecule has 1 unspecified atom stereocenters. The van der Waals surface area contributed by atoms with E-state index in [1.807, 2.05) is 6.92 Å². The Labute approximate surface area is 181 Å². The largest absolute Gasteiger partial charge is 0.484 e. The van der Waals surface area contributed by atoms with Gasteiger partial charge in [0, 0.05) is 19.2 Å². The normalized spacial score (nSPS) is 12.6. The Kier molecular flexibility index (Phi) is 8.34. The average molecular weight is 459 g/mol. The number of sulfonamides is 1. The van der Waals surface area contributed by atoms with E-state index >= 15 is 0 Å². The van der Waals surface area contributed by atoms with E-state index < -0.39 is 10.0 Å². The van der Waals surface area contributed by atoms with Gasteiger partial charge in [0.2, 0.25) is 10.0 Å². The van der Waals surface area contributed by atoms with Gasteiger partial charge in [-0.05, 0) is 36.8 Å². The van der Waals surface area contributed by atoms with Crippen molar-refractivity contribution in [2.45, 2.75) is 31.7 Å². The van der Waals surface area contributed by atoms with Crippen LogP contribution in [-0.2, 0) is 14.8 Å². The lowest BCUT2D eigenvalue weighted by atomic mass is 10.1. The van der Waals surface area contributed by atoms with Crippen LogP contribution in [0.1, 0.15) is 32.4 Å². The molecule has 0 saturated heterocycles. The van der Waals surface area contributed by atoms with Crippen molar-refractivity contribution >= 4 is 39.1 Å². The van der Waals surface area contributed by atoms with E-state index in [-0.39, 0.29) is 23.5 Å². The summed E-state index contributed by atoms with van der Waals surface area (Å²) in [6.07, 6.45) is 0. The van der Waals surface area contributed by atoms with Gasteiger partial charge in [-0.1, -0.05) is 49.2 Å². The Morgan fingerprint density at radius 2 is 1.69 bits per heavy atom. The third-order valence-corrected chi connectivity index (χ3v) is 7.16. The van der Waals surface area contributed by atoms with Crippen molar-refractivity contribution in [1.82, 2.24) is 9.62 Å². The fourth-order valence-electron chi connectivity index (χ4n) is 2.72. The van der Waals surface area contributed by atoms with E-state index in [1.54, 1.807) is 50.2 Å². The molecule has 0 radical (unpaired) electrons. The van der Waals surface area contributed by atoms with Crippen molar-refractivity contribution in [3.63, 3.8) is 0 Å². The molecule has 29 heavy (non-hydrogen) atoms. The summed E-state index contributed by atoms with van der Waals surface area (Å²) in [6.45, 7) is 6.04. The van der Waals surface area contributed by atoms with Gasteiger partial charge in [0.1, 0.15) is 5.75 Å². The highest BCUT2D eigenvalue weighted by atomic mass is 35.5. The molecule has 1 atom stereocenters. The molecule has 0 aromatic heterocycles.